The zero-order chi connectivity index (χ0) is 7.11. The van der Waals surface area contributed by atoms with E-state index >= 15 is 0 Å². The van der Waals surface area contributed by atoms with Crippen LogP contribution in [0.25, 0.3) is 0 Å². The fourth-order valence-electron chi connectivity index (χ4n) is 0.321. The summed E-state index contributed by atoms with van der Waals surface area (Å²) in [6.07, 6.45) is 1.12. The zero-order valence-corrected chi connectivity index (χ0v) is 5.37. The second-order valence-electron chi connectivity index (χ2n) is 1.42. The van der Waals surface area contributed by atoms with Crippen LogP contribution in [0.3, 0.4) is 0 Å². The monoisotopic (exact) mass is 130 g/mol. The molecular formula is C6H10O3. The Morgan fingerprint density at radius 2 is 2.44 bits per heavy atom. The third-order valence-electron chi connectivity index (χ3n) is 0.696. The molecule has 0 bridgehead atoms. The lowest BCUT2D eigenvalue weighted by Gasteiger charge is -2.07. The first-order chi connectivity index (χ1) is 4.31. The lowest BCUT2D eigenvalue weighted by atomic mass is 10.7. The van der Waals surface area contributed by atoms with Crippen LogP contribution in [0.5, 0.6) is 0 Å². The molecule has 52 valence electrons. The van der Waals surface area contributed by atoms with Gasteiger partial charge >= 0.3 is 0 Å². The highest BCUT2D eigenvalue weighted by molar-refractivity contribution is 5.37. The van der Waals surface area contributed by atoms with E-state index in [1.54, 1.807) is 13.0 Å². The van der Waals surface area contributed by atoms with Crippen LogP contribution in [-0.4, -0.2) is 19.4 Å². The Kier molecular flexibility index (Phi) is 4.82. The minimum Gasteiger partial charge on any atom is -0.438 e. The highest BCUT2D eigenvalue weighted by Gasteiger charge is 1.96. The summed E-state index contributed by atoms with van der Waals surface area (Å²) in [6.45, 7) is 5.81. The molecule has 1 atom stereocenters. The van der Waals surface area contributed by atoms with Gasteiger partial charge in [-0.15, -0.1) is 6.58 Å². The smallest absolute Gasteiger partial charge is 0.295 e. The van der Waals surface area contributed by atoms with E-state index in [0.717, 1.165) is 0 Å². The first-order valence-corrected chi connectivity index (χ1v) is 2.63. The van der Waals surface area contributed by atoms with Crippen molar-refractivity contribution in [2.75, 3.05) is 6.61 Å². The maximum Gasteiger partial charge on any atom is 0.295 e. The molecule has 1 unspecified atom stereocenters. The highest BCUT2D eigenvalue weighted by atomic mass is 16.7. The largest absolute Gasteiger partial charge is 0.438 e. The van der Waals surface area contributed by atoms with Gasteiger partial charge < -0.3 is 9.47 Å². The predicted molar refractivity (Wildman–Crippen MR) is 32.8 cm³/mol. The molecule has 0 radical (unpaired) electrons. The quantitative estimate of drug-likeness (QED) is 0.312. The van der Waals surface area contributed by atoms with Crippen molar-refractivity contribution in [3.05, 3.63) is 12.7 Å². The first kappa shape index (κ1) is 8.17. The van der Waals surface area contributed by atoms with Gasteiger partial charge in [0.2, 0.25) is 0 Å². The van der Waals surface area contributed by atoms with Gasteiger partial charge in [-0.1, -0.05) is 6.08 Å². The summed E-state index contributed by atoms with van der Waals surface area (Å²) in [6, 6.07) is 0. The Hall–Kier alpha value is -0.830. The molecule has 0 amide bonds. The Morgan fingerprint density at radius 3 is 2.89 bits per heavy atom. The molecule has 0 rings (SSSR count). The van der Waals surface area contributed by atoms with Crippen LogP contribution >= 0.6 is 0 Å². The second-order valence-corrected chi connectivity index (χ2v) is 1.42. The summed E-state index contributed by atoms with van der Waals surface area (Å²) in [7, 11) is 0. The molecule has 0 aliphatic carbocycles. The molecule has 0 fully saturated rings. The third kappa shape index (κ3) is 5.03. The fraction of sp³-hybridized carbons (Fsp3) is 0.500. The van der Waals surface area contributed by atoms with Gasteiger partial charge in [-0.05, 0) is 6.92 Å². The lowest BCUT2D eigenvalue weighted by molar-refractivity contribution is -0.156. The summed E-state index contributed by atoms with van der Waals surface area (Å²) < 4.78 is 9.25. The summed E-state index contributed by atoms with van der Waals surface area (Å²) in [5.41, 5.74) is 0. The molecule has 3 nitrogen and oxygen atoms in total. The number of ether oxygens (including phenoxy) is 2. The molecule has 0 aromatic carbocycles. The third-order valence-corrected chi connectivity index (χ3v) is 0.696. The van der Waals surface area contributed by atoms with Crippen LogP contribution in [0.2, 0.25) is 0 Å². The molecule has 0 aromatic heterocycles. The van der Waals surface area contributed by atoms with Crippen LogP contribution < -0.4 is 0 Å². The van der Waals surface area contributed by atoms with Crippen molar-refractivity contribution in [2.24, 2.45) is 0 Å². The molecule has 0 aromatic rings. The van der Waals surface area contributed by atoms with Crippen molar-refractivity contribution in [1.29, 1.82) is 0 Å². The minimum atomic E-state index is -0.472. The van der Waals surface area contributed by atoms with Crippen molar-refractivity contribution in [2.45, 2.75) is 13.2 Å². The number of carbonyl (C=O) groups is 1. The molecule has 0 spiro atoms. The van der Waals surface area contributed by atoms with E-state index in [4.69, 9.17) is 4.74 Å². The van der Waals surface area contributed by atoms with E-state index in [2.05, 4.69) is 11.3 Å². The minimum absolute atomic E-state index is 0.355. The van der Waals surface area contributed by atoms with Crippen molar-refractivity contribution < 1.29 is 14.3 Å². The molecule has 0 heterocycles. The molecular weight excluding hydrogens is 120 g/mol. The van der Waals surface area contributed by atoms with Gasteiger partial charge in [-0.3, -0.25) is 4.79 Å². The van der Waals surface area contributed by atoms with Gasteiger partial charge in [-0.25, -0.2) is 0 Å². The average molecular weight is 130 g/mol. The number of carbonyl (C=O) groups excluding carboxylic acids is 1. The summed E-state index contributed by atoms with van der Waals surface area (Å²) in [4.78, 5) is 9.65. The standard InChI is InChI=1S/C6H10O3/c1-3-4-8-6(2)9-5-7/h3,5-6H,1,4H2,2H3. The van der Waals surface area contributed by atoms with Crippen LogP contribution in [-0.2, 0) is 14.3 Å². The van der Waals surface area contributed by atoms with Gasteiger partial charge in [0.05, 0.1) is 6.61 Å². The Bertz CT molecular complexity index is 90.3. The Balaban J connectivity index is 3.14. The van der Waals surface area contributed by atoms with Gasteiger partial charge in [0.15, 0.2) is 6.29 Å². The van der Waals surface area contributed by atoms with E-state index in [1.165, 1.54) is 0 Å². The topological polar surface area (TPSA) is 35.5 Å². The van der Waals surface area contributed by atoms with Crippen molar-refractivity contribution >= 4 is 6.47 Å². The zero-order valence-electron chi connectivity index (χ0n) is 5.37. The maximum absolute atomic E-state index is 9.65. The van der Waals surface area contributed by atoms with Crippen molar-refractivity contribution in [1.82, 2.24) is 0 Å². The lowest BCUT2D eigenvalue weighted by Crippen LogP contribution is -2.11. The summed E-state index contributed by atoms with van der Waals surface area (Å²) in [5.74, 6) is 0. The molecule has 0 N–H and O–H groups in total. The predicted octanol–water partition coefficient (Wildman–Crippen LogP) is 0.708. The number of hydrogen-bond donors (Lipinski definition) is 0. The van der Waals surface area contributed by atoms with E-state index in [0.29, 0.717) is 13.1 Å². The second kappa shape index (κ2) is 5.31. The van der Waals surface area contributed by atoms with E-state index < -0.39 is 6.29 Å². The van der Waals surface area contributed by atoms with E-state index in [9.17, 15) is 4.79 Å². The summed E-state index contributed by atoms with van der Waals surface area (Å²) in [5, 5.41) is 0. The SMILES string of the molecule is C=CCOC(C)OC=O. The van der Waals surface area contributed by atoms with Crippen LogP contribution in [0.15, 0.2) is 12.7 Å². The Morgan fingerprint density at radius 1 is 1.78 bits per heavy atom. The van der Waals surface area contributed by atoms with Crippen LogP contribution in [0.1, 0.15) is 6.92 Å². The van der Waals surface area contributed by atoms with Crippen LogP contribution in [0, 0.1) is 0 Å². The first-order valence-electron chi connectivity index (χ1n) is 2.63. The number of hydrogen-bond acceptors (Lipinski definition) is 3. The number of rotatable bonds is 5. The normalized spacial score (nSPS) is 12.1. The van der Waals surface area contributed by atoms with E-state index in [-0.39, 0.29) is 0 Å². The van der Waals surface area contributed by atoms with Gasteiger partial charge in [0.1, 0.15) is 0 Å². The molecule has 0 saturated heterocycles. The van der Waals surface area contributed by atoms with E-state index in [1.807, 2.05) is 0 Å². The molecule has 0 aliphatic rings. The summed E-state index contributed by atoms with van der Waals surface area (Å²) >= 11 is 0. The van der Waals surface area contributed by atoms with Gasteiger partial charge in [-0.2, -0.15) is 0 Å². The maximum atomic E-state index is 9.65. The molecule has 0 saturated carbocycles. The van der Waals surface area contributed by atoms with Crippen LogP contribution in [0.4, 0.5) is 0 Å². The van der Waals surface area contributed by atoms with Crippen molar-refractivity contribution in [3.63, 3.8) is 0 Å². The Labute approximate surface area is 54.3 Å². The average Bonchev–Trinajstić information content (AvgIpc) is 1.85. The van der Waals surface area contributed by atoms with Gasteiger partial charge in [0.25, 0.3) is 6.47 Å². The fourth-order valence-corrected chi connectivity index (χ4v) is 0.321. The molecule has 3 heteroatoms. The molecule has 9 heavy (non-hydrogen) atoms. The van der Waals surface area contributed by atoms with Gasteiger partial charge in [0, 0.05) is 0 Å². The molecule has 0 aliphatic heterocycles. The van der Waals surface area contributed by atoms with Crippen molar-refractivity contribution in [3.8, 4) is 0 Å². The highest BCUT2D eigenvalue weighted by Crippen LogP contribution is 1.89.